The van der Waals surface area contributed by atoms with Crippen molar-refractivity contribution in [2.45, 2.75) is 19.4 Å². The zero-order valence-electron chi connectivity index (χ0n) is 14.8. The molecule has 1 aliphatic rings. The molecule has 0 spiro atoms. The number of halogens is 1. The molecule has 0 atom stereocenters. The Hall–Kier alpha value is -3.22. The van der Waals surface area contributed by atoms with Crippen LogP contribution >= 0.6 is 0 Å². The maximum atomic E-state index is 14.2. The molecule has 1 aliphatic heterocycles. The lowest BCUT2D eigenvalue weighted by Crippen LogP contribution is -2.28. The van der Waals surface area contributed by atoms with E-state index in [4.69, 9.17) is 5.11 Å². The number of benzene rings is 2. The van der Waals surface area contributed by atoms with E-state index in [1.54, 1.807) is 24.1 Å². The van der Waals surface area contributed by atoms with Crippen molar-refractivity contribution < 1.29 is 23.9 Å². The molecule has 0 aromatic heterocycles. The average Bonchev–Trinajstić information content (AvgIpc) is 3.08. The molecule has 27 heavy (non-hydrogen) atoms. The summed E-state index contributed by atoms with van der Waals surface area (Å²) in [6.07, 6.45) is 1.19. The molecule has 0 saturated carbocycles. The molecular formula is C20H19FN2O4. The number of amides is 2. The molecule has 2 aromatic rings. The lowest BCUT2D eigenvalue weighted by Gasteiger charge is -2.20. The third-order valence-corrected chi connectivity index (χ3v) is 4.53. The Morgan fingerprint density at radius 1 is 1.19 bits per heavy atom. The van der Waals surface area contributed by atoms with E-state index in [0.717, 1.165) is 12.0 Å². The summed E-state index contributed by atoms with van der Waals surface area (Å²) in [5, 5.41) is 8.93. The molecule has 2 aromatic carbocycles. The van der Waals surface area contributed by atoms with Crippen LogP contribution in [0, 0.1) is 5.82 Å². The first-order valence-electron chi connectivity index (χ1n) is 8.54. The summed E-state index contributed by atoms with van der Waals surface area (Å²) < 4.78 is 14.2. The number of rotatable bonds is 5. The van der Waals surface area contributed by atoms with Crippen molar-refractivity contribution in [2.75, 3.05) is 18.5 Å². The number of carboxylic acids is 1. The first-order chi connectivity index (χ1) is 12.9. The molecule has 1 fully saturated rings. The molecule has 2 amide bonds. The molecule has 0 radical (unpaired) electrons. The normalized spacial score (nSPS) is 13.7. The largest absolute Gasteiger partial charge is 0.478 e. The van der Waals surface area contributed by atoms with Gasteiger partial charge in [-0.2, -0.15) is 0 Å². The van der Waals surface area contributed by atoms with Gasteiger partial charge in [0.2, 0.25) is 5.91 Å². The number of anilines is 1. The Balaban J connectivity index is 1.77. The summed E-state index contributed by atoms with van der Waals surface area (Å²) in [4.78, 5) is 38.4. The van der Waals surface area contributed by atoms with Crippen LogP contribution in [0.15, 0.2) is 42.5 Å². The second-order valence-electron chi connectivity index (χ2n) is 6.48. The van der Waals surface area contributed by atoms with E-state index < -0.39 is 17.7 Å². The number of carbonyl (C=O) groups excluding carboxylic acids is 2. The summed E-state index contributed by atoms with van der Waals surface area (Å²) >= 11 is 0. The first-order valence-corrected chi connectivity index (χ1v) is 8.54. The smallest absolute Gasteiger partial charge is 0.335 e. The van der Waals surface area contributed by atoms with Crippen LogP contribution in [0.25, 0.3) is 0 Å². The lowest BCUT2D eigenvalue weighted by molar-refractivity contribution is -0.117. The fourth-order valence-corrected chi connectivity index (χ4v) is 3.07. The molecule has 1 N–H and O–H groups in total. The van der Waals surface area contributed by atoms with Crippen LogP contribution in [0.4, 0.5) is 10.1 Å². The standard InChI is InChI=1S/C20H19FN2O4/c1-22(12-13-4-6-14(7-5-13)20(26)27)19(25)16-11-15(8-9-17(16)21)23-10-2-3-18(23)24/h4-9,11H,2-3,10,12H2,1H3,(H,26,27). The Morgan fingerprint density at radius 3 is 2.48 bits per heavy atom. The predicted molar refractivity (Wildman–Crippen MR) is 97.2 cm³/mol. The van der Waals surface area contributed by atoms with Gasteiger partial charge in [-0.1, -0.05) is 12.1 Å². The molecule has 3 rings (SSSR count). The fourth-order valence-electron chi connectivity index (χ4n) is 3.07. The second-order valence-corrected chi connectivity index (χ2v) is 6.48. The summed E-state index contributed by atoms with van der Waals surface area (Å²) in [5.74, 6) is -2.22. The second kappa shape index (κ2) is 7.57. The minimum absolute atomic E-state index is 0.0353. The van der Waals surface area contributed by atoms with Crippen LogP contribution in [0.2, 0.25) is 0 Å². The van der Waals surface area contributed by atoms with E-state index in [9.17, 15) is 18.8 Å². The van der Waals surface area contributed by atoms with E-state index in [2.05, 4.69) is 0 Å². The zero-order chi connectivity index (χ0) is 19.6. The van der Waals surface area contributed by atoms with E-state index in [1.165, 1.54) is 35.2 Å². The van der Waals surface area contributed by atoms with E-state index >= 15 is 0 Å². The predicted octanol–water partition coefficient (Wildman–Crippen LogP) is 2.92. The SMILES string of the molecule is CN(Cc1ccc(C(=O)O)cc1)C(=O)c1cc(N2CCCC2=O)ccc1F. The number of hydrogen-bond acceptors (Lipinski definition) is 3. The number of carbonyl (C=O) groups is 3. The highest BCUT2D eigenvalue weighted by molar-refractivity contribution is 5.99. The third kappa shape index (κ3) is 3.97. The van der Waals surface area contributed by atoms with E-state index in [0.29, 0.717) is 18.7 Å². The average molecular weight is 370 g/mol. The van der Waals surface area contributed by atoms with E-state index in [1.807, 2.05) is 0 Å². The van der Waals surface area contributed by atoms with Gasteiger partial charge in [0.05, 0.1) is 11.1 Å². The Kier molecular flexibility index (Phi) is 5.21. The van der Waals surface area contributed by atoms with Crippen LogP contribution < -0.4 is 4.90 Å². The number of aromatic carboxylic acids is 1. The van der Waals surface area contributed by atoms with Gasteiger partial charge in [-0.15, -0.1) is 0 Å². The molecule has 1 heterocycles. The quantitative estimate of drug-likeness (QED) is 0.878. The van der Waals surface area contributed by atoms with Gasteiger partial charge in [0, 0.05) is 32.2 Å². The Bertz CT molecular complexity index is 895. The molecule has 0 unspecified atom stereocenters. The van der Waals surface area contributed by atoms with Crippen molar-refractivity contribution in [2.24, 2.45) is 0 Å². The topological polar surface area (TPSA) is 77.9 Å². The van der Waals surface area contributed by atoms with Gasteiger partial charge < -0.3 is 14.9 Å². The molecule has 0 aliphatic carbocycles. The molecule has 6 nitrogen and oxygen atoms in total. The van der Waals surface area contributed by atoms with Crippen LogP contribution in [0.3, 0.4) is 0 Å². The van der Waals surface area contributed by atoms with Crippen LogP contribution in [0.5, 0.6) is 0 Å². The first kappa shape index (κ1) is 18.6. The van der Waals surface area contributed by atoms with Crippen molar-refractivity contribution in [1.82, 2.24) is 4.90 Å². The van der Waals surface area contributed by atoms with Gasteiger partial charge in [-0.25, -0.2) is 9.18 Å². The Labute approximate surface area is 155 Å². The summed E-state index contributed by atoms with van der Waals surface area (Å²) in [6.45, 7) is 0.759. The van der Waals surface area contributed by atoms with Gasteiger partial charge in [0.15, 0.2) is 0 Å². The fraction of sp³-hybridized carbons (Fsp3) is 0.250. The molecule has 7 heteroatoms. The van der Waals surface area contributed by atoms with Gasteiger partial charge in [-0.05, 0) is 42.3 Å². The molecule has 0 bridgehead atoms. The summed E-state index contributed by atoms with van der Waals surface area (Å²) in [6, 6.07) is 10.2. The van der Waals surface area contributed by atoms with Crippen molar-refractivity contribution in [3.63, 3.8) is 0 Å². The minimum Gasteiger partial charge on any atom is -0.478 e. The molecular weight excluding hydrogens is 351 g/mol. The molecule has 1 saturated heterocycles. The minimum atomic E-state index is -1.03. The Morgan fingerprint density at radius 2 is 1.89 bits per heavy atom. The van der Waals surface area contributed by atoms with Gasteiger partial charge in [0.1, 0.15) is 5.82 Å². The van der Waals surface area contributed by atoms with Gasteiger partial charge >= 0.3 is 5.97 Å². The van der Waals surface area contributed by atoms with Crippen molar-refractivity contribution >= 4 is 23.5 Å². The number of hydrogen-bond donors (Lipinski definition) is 1. The van der Waals surface area contributed by atoms with Crippen LogP contribution in [-0.2, 0) is 11.3 Å². The number of carboxylic acid groups (broad SMARTS) is 1. The third-order valence-electron chi connectivity index (χ3n) is 4.53. The number of nitrogens with zero attached hydrogens (tertiary/aromatic N) is 2. The highest BCUT2D eigenvalue weighted by atomic mass is 19.1. The van der Waals surface area contributed by atoms with Crippen LogP contribution in [0.1, 0.15) is 39.1 Å². The van der Waals surface area contributed by atoms with Crippen LogP contribution in [-0.4, -0.2) is 41.4 Å². The van der Waals surface area contributed by atoms with E-state index in [-0.39, 0.29) is 23.6 Å². The maximum absolute atomic E-state index is 14.2. The highest BCUT2D eigenvalue weighted by Gasteiger charge is 2.24. The van der Waals surface area contributed by atoms with Crippen molar-refractivity contribution in [1.29, 1.82) is 0 Å². The lowest BCUT2D eigenvalue weighted by atomic mass is 10.1. The monoisotopic (exact) mass is 370 g/mol. The van der Waals surface area contributed by atoms with Crippen molar-refractivity contribution in [3.05, 3.63) is 65.0 Å². The summed E-state index contributed by atoms with van der Waals surface area (Å²) in [7, 11) is 1.54. The highest BCUT2D eigenvalue weighted by Crippen LogP contribution is 2.24. The maximum Gasteiger partial charge on any atom is 0.335 e. The van der Waals surface area contributed by atoms with Gasteiger partial charge in [0.25, 0.3) is 5.91 Å². The summed E-state index contributed by atoms with van der Waals surface area (Å²) in [5.41, 5.74) is 1.29. The van der Waals surface area contributed by atoms with Crippen molar-refractivity contribution in [3.8, 4) is 0 Å². The van der Waals surface area contributed by atoms with Gasteiger partial charge in [-0.3, -0.25) is 9.59 Å². The zero-order valence-corrected chi connectivity index (χ0v) is 14.8. The molecule has 140 valence electrons.